The summed E-state index contributed by atoms with van der Waals surface area (Å²) < 4.78 is 4.20. The maximum Gasteiger partial charge on any atom is 0.330 e. The van der Waals surface area contributed by atoms with Crippen LogP contribution in [0, 0.1) is 0 Å². The molecular formula is C7H9NO5. The number of aliphatic carboxylic acids is 1. The van der Waals surface area contributed by atoms with Crippen LogP contribution in [0.4, 0.5) is 0 Å². The number of carboxylic acids is 1. The van der Waals surface area contributed by atoms with Crippen molar-refractivity contribution < 1.29 is 24.2 Å². The van der Waals surface area contributed by atoms with Crippen LogP contribution in [0.1, 0.15) is 0 Å². The number of amides is 1. The van der Waals surface area contributed by atoms with E-state index in [1.165, 1.54) is 7.11 Å². The van der Waals surface area contributed by atoms with Gasteiger partial charge in [0.2, 0.25) is 5.91 Å². The van der Waals surface area contributed by atoms with Crippen LogP contribution in [0.3, 0.4) is 0 Å². The Morgan fingerprint density at radius 3 is 2.46 bits per heavy atom. The second kappa shape index (κ2) is 5.76. The van der Waals surface area contributed by atoms with Crippen molar-refractivity contribution in [3.8, 4) is 0 Å². The fraction of sp³-hybridized carbons (Fsp3) is 0.286. The molecule has 0 aliphatic heterocycles. The van der Waals surface area contributed by atoms with Crippen molar-refractivity contribution >= 4 is 17.8 Å². The first-order valence-electron chi connectivity index (χ1n) is 3.32. The quantitative estimate of drug-likeness (QED) is 0.431. The third kappa shape index (κ3) is 6.54. The molecule has 0 aliphatic rings. The highest BCUT2D eigenvalue weighted by atomic mass is 16.5. The van der Waals surface area contributed by atoms with Gasteiger partial charge in [-0.2, -0.15) is 0 Å². The number of ether oxygens (including phenoxy) is 1. The average molecular weight is 187 g/mol. The summed E-state index contributed by atoms with van der Waals surface area (Å²) in [7, 11) is 1.17. The summed E-state index contributed by atoms with van der Waals surface area (Å²) in [4.78, 5) is 31.1. The third-order valence-electron chi connectivity index (χ3n) is 0.986. The predicted octanol–water partition coefficient (Wildman–Crippen LogP) is -1.08. The van der Waals surface area contributed by atoms with Crippen molar-refractivity contribution in [1.82, 2.24) is 5.32 Å². The van der Waals surface area contributed by atoms with Gasteiger partial charge in [0.15, 0.2) is 0 Å². The van der Waals surface area contributed by atoms with Gasteiger partial charge < -0.3 is 15.2 Å². The van der Waals surface area contributed by atoms with Crippen LogP contribution >= 0.6 is 0 Å². The van der Waals surface area contributed by atoms with Crippen LogP contribution in [0.2, 0.25) is 0 Å². The molecule has 0 atom stereocenters. The summed E-state index contributed by atoms with van der Waals surface area (Å²) in [6.45, 7) is -0.482. The molecule has 0 spiro atoms. The number of hydrogen-bond donors (Lipinski definition) is 2. The minimum Gasteiger partial charge on any atom is -0.480 e. The molecule has 0 aromatic heterocycles. The molecule has 1 amide bonds. The molecule has 0 bridgehead atoms. The lowest BCUT2D eigenvalue weighted by Gasteiger charge is -1.95. The minimum absolute atomic E-state index is 0.482. The molecule has 0 fully saturated rings. The van der Waals surface area contributed by atoms with Gasteiger partial charge in [-0.1, -0.05) is 0 Å². The number of rotatable bonds is 4. The van der Waals surface area contributed by atoms with E-state index < -0.39 is 24.4 Å². The van der Waals surface area contributed by atoms with Gasteiger partial charge in [0.05, 0.1) is 7.11 Å². The summed E-state index contributed by atoms with van der Waals surface area (Å²) >= 11 is 0. The molecule has 0 aromatic carbocycles. The van der Waals surface area contributed by atoms with Crippen LogP contribution in [0.15, 0.2) is 12.2 Å². The number of methoxy groups -OCH3 is 1. The average Bonchev–Trinajstić information content (AvgIpc) is 2.10. The number of carboxylic acid groups (broad SMARTS) is 1. The monoisotopic (exact) mass is 187 g/mol. The summed E-state index contributed by atoms with van der Waals surface area (Å²) in [5.41, 5.74) is 0. The predicted molar refractivity (Wildman–Crippen MR) is 41.8 cm³/mol. The Morgan fingerprint density at radius 2 is 2.00 bits per heavy atom. The van der Waals surface area contributed by atoms with Crippen molar-refractivity contribution in [2.24, 2.45) is 0 Å². The summed E-state index contributed by atoms with van der Waals surface area (Å²) in [5.74, 6) is -2.49. The molecule has 72 valence electrons. The molecule has 0 radical (unpaired) electrons. The number of esters is 1. The zero-order valence-corrected chi connectivity index (χ0v) is 6.94. The number of carbonyl (C=O) groups excluding carboxylic acids is 2. The molecule has 0 saturated heterocycles. The van der Waals surface area contributed by atoms with Gasteiger partial charge in [-0.25, -0.2) is 4.79 Å². The van der Waals surface area contributed by atoms with Crippen molar-refractivity contribution in [3.05, 3.63) is 12.2 Å². The molecular weight excluding hydrogens is 178 g/mol. The Balaban J connectivity index is 3.80. The van der Waals surface area contributed by atoms with Gasteiger partial charge in [-0.3, -0.25) is 9.59 Å². The number of nitrogens with one attached hydrogen (secondary N) is 1. The van der Waals surface area contributed by atoms with Crippen LogP contribution in [0.25, 0.3) is 0 Å². The SMILES string of the molecule is COC(=O)/C=C/C(=O)NCC(=O)O. The Bertz CT molecular complexity index is 245. The first-order chi connectivity index (χ1) is 6.06. The van der Waals surface area contributed by atoms with Crippen LogP contribution < -0.4 is 5.32 Å². The standard InChI is InChI=1S/C7H9NO5/c1-13-7(12)3-2-5(9)8-4-6(10)11/h2-3H,4H2,1H3,(H,8,9)(H,10,11)/b3-2+. The van der Waals surface area contributed by atoms with E-state index in [0.717, 1.165) is 12.2 Å². The summed E-state index contributed by atoms with van der Waals surface area (Å²) in [6.07, 6.45) is 1.80. The molecule has 0 rings (SSSR count). The van der Waals surface area contributed by atoms with Crippen molar-refractivity contribution in [1.29, 1.82) is 0 Å². The molecule has 0 aromatic rings. The molecule has 0 aliphatic carbocycles. The van der Waals surface area contributed by atoms with E-state index in [9.17, 15) is 14.4 Å². The van der Waals surface area contributed by atoms with E-state index in [1.807, 2.05) is 5.32 Å². The zero-order valence-electron chi connectivity index (χ0n) is 6.94. The van der Waals surface area contributed by atoms with Gasteiger partial charge in [-0.15, -0.1) is 0 Å². The van der Waals surface area contributed by atoms with Gasteiger partial charge in [-0.05, 0) is 0 Å². The van der Waals surface area contributed by atoms with Crippen LogP contribution in [-0.4, -0.2) is 36.6 Å². The Labute approximate surface area is 74.2 Å². The first kappa shape index (κ1) is 11.2. The van der Waals surface area contributed by atoms with E-state index in [0.29, 0.717) is 0 Å². The topological polar surface area (TPSA) is 92.7 Å². The lowest BCUT2D eigenvalue weighted by Crippen LogP contribution is -2.27. The molecule has 0 saturated carbocycles. The number of hydrogen-bond acceptors (Lipinski definition) is 4. The van der Waals surface area contributed by atoms with E-state index in [4.69, 9.17) is 5.11 Å². The summed E-state index contributed by atoms with van der Waals surface area (Å²) in [5, 5.41) is 10.2. The minimum atomic E-state index is -1.15. The van der Waals surface area contributed by atoms with Gasteiger partial charge in [0.25, 0.3) is 0 Å². The maximum absolute atomic E-state index is 10.7. The Morgan fingerprint density at radius 1 is 1.38 bits per heavy atom. The van der Waals surface area contributed by atoms with Gasteiger partial charge in [0, 0.05) is 12.2 Å². The highest BCUT2D eigenvalue weighted by Crippen LogP contribution is 1.78. The number of carbonyl (C=O) groups is 3. The van der Waals surface area contributed by atoms with Crippen molar-refractivity contribution in [2.75, 3.05) is 13.7 Å². The molecule has 6 nitrogen and oxygen atoms in total. The van der Waals surface area contributed by atoms with Gasteiger partial charge in [0.1, 0.15) is 6.54 Å². The van der Waals surface area contributed by atoms with Crippen LogP contribution in [-0.2, 0) is 19.1 Å². The fourth-order valence-electron chi connectivity index (χ4n) is 0.433. The zero-order chi connectivity index (χ0) is 10.3. The molecule has 6 heteroatoms. The van der Waals surface area contributed by atoms with E-state index >= 15 is 0 Å². The lowest BCUT2D eigenvalue weighted by atomic mass is 10.4. The second-order valence-electron chi connectivity index (χ2n) is 1.97. The first-order valence-corrected chi connectivity index (χ1v) is 3.32. The third-order valence-corrected chi connectivity index (χ3v) is 0.986. The summed E-state index contributed by atoms with van der Waals surface area (Å²) in [6, 6.07) is 0. The highest BCUT2D eigenvalue weighted by molar-refractivity contribution is 5.95. The normalized spacial score (nSPS) is 9.62. The second-order valence-corrected chi connectivity index (χ2v) is 1.97. The van der Waals surface area contributed by atoms with Crippen molar-refractivity contribution in [2.45, 2.75) is 0 Å². The fourth-order valence-corrected chi connectivity index (χ4v) is 0.433. The lowest BCUT2D eigenvalue weighted by molar-refractivity contribution is -0.137. The molecule has 13 heavy (non-hydrogen) atoms. The van der Waals surface area contributed by atoms with Crippen LogP contribution in [0.5, 0.6) is 0 Å². The van der Waals surface area contributed by atoms with Gasteiger partial charge >= 0.3 is 11.9 Å². The van der Waals surface area contributed by atoms with Crippen molar-refractivity contribution in [3.63, 3.8) is 0 Å². The highest BCUT2D eigenvalue weighted by Gasteiger charge is 2.00. The molecule has 0 heterocycles. The smallest absolute Gasteiger partial charge is 0.330 e. The molecule has 0 unspecified atom stereocenters. The van der Waals surface area contributed by atoms with E-state index in [2.05, 4.69) is 4.74 Å². The maximum atomic E-state index is 10.7. The Hall–Kier alpha value is -1.85. The van der Waals surface area contributed by atoms with E-state index in [-0.39, 0.29) is 0 Å². The Kier molecular flexibility index (Phi) is 4.94. The molecule has 2 N–H and O–H groups in total. The van der Waals surface area contributed by atoms with E-state index in [1.54, 1.807) is 0 Å². The largest absolute Gasteiger partial charge is 0.480 e.